The van der Waals surface area contributed by atoms with Crippen LogP contribution in [0.1, 0.15) is 47.7 Å². The van der Waals surface area contributed by atoms with Crippen LogP contribution in [0, 0.1) is 11.6 Å². The maximum atomic E-state index is 14.1. The normalized spacial score (nSPS) is 16.8. The van der Waals surface area contributed by atoms with Gasteiger partial charge in [0.2, 0.25) is 5.95 Å². The molecule has 1 aliphatic heterocycles. The fraction of sp³-hybridized carbons (Fsp3) is 0.333. The number of carbonyl (C=O) groups is 1. The highest BCUT2D eigenvalue weighted by Gasteiger charge is 2.30. The van der Waals surface area contributed by atoms with Crippen LogP contribution in [-0.4, -0.2) is 44.9 Å². The number of nitrogens with one attached hydrogen (secondary N) is 1. The quantitative estimate of drug-likeness (QED) is 0.643. The van der Waals surface area contributed by atoms with Gasteiger partial charge in [-0.25, -0.2) is 18.7 Å². The lowest BCUT2D eigenvalue weighted by Gasteiger charge is -2.32. The molecule has 8 heteroatoms. The van der Waals surface area contributed by atoms with Gasteiger partial charge in [-0.3, -0.25) is 9.78 Å². The molecule has 2 fully saturated rings. The standard InChI is InChI=1S/C24H23F2N5O/c25-18-4-3-5-19(26)21(18)23(32)31-12-9-15(10-13-31)22-17(20-6-1-2-11-27-20)14-28-24(30-22)29-16-7-8-16/h1-6,11,14-16H,7-10,12-13H2,(H,28,29,30). The van der Waals surface area contributed by atoms with Crippen molar-refractivity contribution in [2.24, 2.45) is 0 Å². The first-order chi connectivity index (χ1) is 15.6. The van der Waals surface area contributed by atoms with Crippen molar-refractivity contribution in [1.29, 1.82) is 0 Å². The lowest BCUT2D eigenvalue weighted by molar-refractivity contribution is 0.0702. The van der Waals surface area contributed by atoms with Crippen LogP contribution in [0.5, 0.6) is 0 Å². The van der Waals surface area contributed by atoms with Gasteiger partial charge in [-0.15, -0.1) is 0 Å². The maximum absolute atomic E-state index is 14.1. The Bertz CT molecular complexity index is 1110. The Hall–Kier alpha value is -3.42. The number of hydrogen-bond donors (Lipinski definition) is 1. The molecule has 0 radical (unpaired) electrons. The number of rotatable bonds is 5. The minimum Gasteiger partial charge on any atom is -0.351 e. The summed E-state index contributed by atoms with van der Waals surface area (Å²) in [6.45, 7) is 0.794. The number of piperidine rings is 1. The maximum Gasteiger partial charge on any atom is 0.259 e. The smallest absolute Gasteiger partial charge is 0.259 e. The lowest BCUT2D eigenvalue weighted by Crippen LogP contribution is -2.39. The summed E-state index contributed by atoms with van der Waals surface area (Å²) in [5, 5.41) is 3.34. The van der Waals surface area contributed by atoms with Crippen LogP contribution >= 0.6 is 0 Å². The molecule has 0 bridgehead atoms. The summed E-state index contributed by atoms with van der Waals surface area (Å²) in [6.07, 6.45) is 7.06. The van der Waals surface area contributed by atoms with Gasteiger partial charge in [0.05, 0.1) is 11.4 Å². The van der Waals surface area contributed by atoms with Crippen molar-refractivity contribution in [1.82, 2.24) is 19.9 Å². The topological polar surface area (TPSA) is 71.0 Å². The number of benzene rings is 1. The molecule has 32 heavy (non-hydrogen) atoms. The Kier molecular flexibility index (Phi) is 5.51. The third-order valence-electron chi connectivity index (χ3n) is 6.02. The molecule has 2 aromatic heterocycles. The van der Waals surface area contributed by atoms with Gasteiger partial charge in [-0.2, -0.15) is 0 Å². The number of carbonyl (C=O) groups excluding carboxylic acids is 1. The van der Waals surface area contributed by atoms with Crippen LogP contribution in [0.2, 0.25) is 0 Å². The summed E-state index contributed by atoms with van der Waals surface area (Å²) >= 11 is 0. The van der Waals surface area contributed by atoms with Crippen molar-refractivity contribution in [3.63, 3.8) is 0 Å². The Labute approximate surface area is 184 Å². The van der Waals surface area contributed by atoms with Crippen molar-refractivity contribution in [2.75, 3.05) is 18.4 Å². The molecule has 164 valence electrons. The van der Waals surface area contributed by atoms with Crippen molar-refractivity contribution < 1.29 is 13.6 Å². The summed E-state index contributed by atoms with van der Waals surface area (Å²) in [6, 6.07) is 9.62. The molecule has 0 spiro atoms. The molecule has 1 N–H and O–H groups in total. The molecular weight excluding hydrogens is 412 g/mol. The predicted octanol–water partition coefficient (Wildman–Crippen LogP) is 4.41. The SMILES string of the molecule is O=C(c1c(F)cccc1F)N1CCC(c2nc(NC3CC3)ncc2-c2ccccn2)CC1. The summed E-state index contributed by atoms with van der Waals surface area (Å²) < 4.78 is 28.1. The highest BCUT2D eigenvalue weighted by molar-refractivity contribution is 5.94. The van der Waals surface area contributed by atoms with Crippen molar-refractivity contribution >= 4 is 11.9 Å². The molecule has 0 unspecified atom stereocenters. The molecule has 1 amide bonds. The van der Waals surface area contributed by atoms with Crippen molar-refractivity contribution in [3.8, 4) is 11.3 Å². The number of halogens is 2. The summed E-state index contributed by atoms with van der Waals surface area (Å²) in [4.78, 5) is 28.0. The Morgan fingerprint density at radius 2 is 1.72 bits per heavy atom. The predicted molar refractivity (Wildman–Crippen MR) is 116 cm³/mol. The molecule has 0 atom stereocenters. The number of pyridine rings is 1. The van der Waals surface area contributed by atoms with Crippen LogP contribution in [0.15, 0.2) is 48.8 Å². The fourth-order valence-electron chi connectivity index (χ4n) is 4.12. The van der Waals surface area contributed by atoms with E-state index in [4.69, 9.17) is 4.98 Å². The van der Waals surface area contributed by atoms with Gasteiger partial charge < -0.3 is 10.2 Å². The number of amides is 1. The van der Waals surface area contributed by atoms with Gasteiger partial charge in [-0.05, 0) is 49.9 Å². The molecule has 6 nitrogen and oxygen atoms in total. The van der Waals surface area contributed by atoms with Crippen LogP contribution in [0.3, 0.4) is 0 Å². The van der Waals surface area contributed by atoms with E-state index in [0.29, 0.717) is 37.9 Å². The van der Waals surface area contributed by atoms with E-state index < -0.39 is 23.1 Å². The average Bonchev–Trinajstić information content (AvgIpc) is 3.63. The van der Waals surface area contributed by atoms with E-state index in [-0.39, 0.29) is 5.92 Å². The number of likely N-dealkylation sites (tertiary alicyclic amines) is 1. The first-order valence-electron chi connectivity index (χ1n) is 10.9. The molecule has 1 aromatic carbocycles. The Balaban J connectivity index is 1.38. The molecule has 3 aromatic rings. The van der Waals surface area contributed by atoms with Crippen LogP contribution in [0.25, 0.3) is 11.3 Å². The monoisotopic (exact) mass is 435 g/mol. The van der Waals surface area contributed by atoms with E-state index >= 15 is 0 Å². The number of aromatic nitrogens is 3. The number of anilines is 1. The molecule has 3 heterocycles. The zero-order chi connectivity index (χ0) is 22.1. The summed E-state index contributed by atoms with van der Waals surface area (Å²) in [5.74, 6) is -1.58. The van der Waals surface area contributed by atoms with Gasteiger partial charge >= 0.3 is 0 Å². The molecule has 1 saturated carbocycles. The van der Waals surface area contributed by atoms with Gasteiger partial charge in [-0.1, -0.05) is 12.1 Å². The van der Waals surface area contributed by atoms with Gasteiger partial charge in [0.1, 0.15) is 17.2 Å². The zero-order valence-electron chi connectivity index (χ0n) is 17.5. The minimum atomic E-state index is -0.832. The molecule has 2 aliphatic rings. The third-order valence-corrected chi connectivity index (χ3v) is 6.02. The molecular formula is C24H23F2N5O. The zero-order valence-corrected chi connectivity index (χ0v) is 17.5. The third kappa shape index (κ3) is 4.17. The fourth-order valence-corrected chi connectivity index (χ4v) is 4.12. The van der Waals surface area contributed by atoms with Crippen LogP contribution < -0.4 is 5.32 Å². The van der Waals surface area contributed by atoms with Crippen molar-refractivity contribution in [3.05, 3.63) is 71.7 Å². The lowest BCUT2D eigenvalue weighted by atomic mass is 9.89. The van der Waals surface area contributed by atoms with E-state index in [1.165, 1.54) is 11.0 Å². The van der Waals surface area contributed by atoms with Crippen LogP contribution in [0.4, 0.5) is 14.7 Å². The van der Waals surface area contributed by atoms with E-state index in [2.05, 4.69) is 15.3 Å². The van der Waals surface area contributed by atoms with E-state index in [1.54, 1.807) is 6.20 Å². The number of hydrogen-bond acceptors (Lipinski definition) is 5. The van der Waals surface area contributed by atoms with Gasteiger partial charge in [0.25, 0.3) is 5.91 Å². The van der Waals surface area contributed by atoms with Crippen LogP contribution in [-0.2, 0) is 0 Å². The van der Waals surface area contributed by atoms with E-state index in [1.807, 2.05) is 24.4 Å². The molecule has 5 rings (SSSR count). The highest BCUT2D eigenvalue weighted by Crippen LogP contribution is 2.35. The summed E-state index contributed by atoms with van der Waals surface area (Å²) in [7, 11) is 0. The average molecular weight is 435 g/mol. The van der Waals surface area contributed by atoms with E-state index in [0.717, 1.165) is 41.9 Å². The van der Waals surface area contributed by atoms with E-state index in [9.17, 15) is 13.6 Å². The Morgan fingerprint density at radius 1 is 0.969 bits per heavy atom. The first-order valence-corrected chi connectivity index (χ1v) is 10.9. The van der Waals surface area contributed by atoms with Gasteiger partial charge in [0, 0.05) is 43.0 Å². The largest absolute Gasteiger partial charge is 0.351 e. The number of nitrogens with zero attached hydrogens (tertiary/aromatic N) is 4. The van der Waals surface area contributed by atoms with Gasteiger partial charge in [0.15, 0.2) is 0 Å². The Morgan fingerprint density at radius 3 is 2.38 bits per heavy atom. The minimum absolute atomic E-state index is 0.0873. The summed E-state index contributed by atoms with van der Waals surface area (Å²) in [5.41, 5.74) is 2.08. The first kappa shape index (κ1) is 20.5. The molecule has 1 saturated heterocycles. The molecule has 1 aliphatic carbocycles. The highest BCUT2D eigenvalue weighted by atomic mass is 19.1. The second kappa shape index (κ2) is 8.61. The second-order valence-electron chi connectivity index (χ2n) is 8.29. The second-order valence-corrected chi connectivity index (χ2v) is 8.29. The van der Waals surface area contributed by atoms with Crippen molar-refractivity contribution in [2.45, 2.75) is 37.6 Å².